The van der Waals surface area contributed by atoms with Crippen LogP contribution in [0.15, 0.2) is 53.5 Å². The number of hydrogen-bond acceptors (Lipinski definition) is 7. The first-order chi connectivity index (χ1) is 15.1. The van der Waals surface area contributed by atoms with Crippen LogP contribution >= 0.6 is 0 Å². The van der Waals surface area contributed by atoms with E-state index in [4.69, 9.17) is 14.2 Å². The Hall–Kier alpha value is -3.55. The average Bonchev–Trinajstić information content (AvgIpc) is 3.59. The van der Waals surface area contributed by atoms with Crippen molar-refractivity contribution >= 4 is 5.69 Å². The van der Waals surface area contributed by atoms with Crippen LogP contribution in [0.5, 0.6) is 17.4 Å². The number of nitrogens with one attached hydrogen (secondary N) is 1. The van der Waals surface area contributed by atoms with Crippen molar-refractivity contribution in [2.45, 2.75) is 18.9 Å². The zero-order valence-electron chi connectivity index (χ0n) is 17.9. The van der Waals surface area contributed by atoms with Crippen molar-refractivity contribution in [1.29, 1.82) is 0 Å². The maximum atomic E-state index is 12.4. The Morgan fingerprint density at radius 3 is 2.52 bits per heavy atom. The van der Waals surface area contributed by atoms with E-state index in [9.17, 15) is 4.79 Å². The van der Waals surface area contributed by atoms with E-state index in [1.165, 1.54) is 4.68 Å². The molecule has 0 radical (unpaired) electrons. The van der Waals surface area contributed by atoms with Crippen LogP contribution in [0.2, 0.25) is 0 Å². The molecule has 1 aliphatic carbocycles. The maximum absolute atomic E-state index is 12.4. The Morgan fingerprint density at radius 2 is 1.84 bits per heavy atom. The van der Waals surface area contributed by atoms with Gasteiger partial charge in [-0.2, -0.15) is 0 Å². The summed E-state index contributed by atoms with van der Waals surface area (Å²) in [5, 5.41) is 7.41. The molecule has 0 amide bonds. The van der Waals surface area contributed by atoms with Gasteiger partial charge in [-0.1, -0.05) is 12.1 Å². The van der Waals surface area contributed by atoms with E-state index in [-0.39, 0.29) is 5.56 Å². The molecule has 8 nitrogen and oxygen atoms in total. The number of nitrogens with zero attached hydrogens (tertiary/aromatic N) is 3. The molecule has 31 heavy (non-hydrogen) atoms. The predicted molar refractivity (Wildman–Crippen MR) is 117 cm³/mol. The second-order valence-electron chi connectivity index (χ2n) is 7.56. The molecule has 8 heteroatoms. The van der Waals surface area contributed by atoms with Crippen molar-refractivity contribution in [1.82, 2.24) is 14.8 Å². The van der Waals surface area contributed by atoms with Gasteiger partial charge in [0.25, 0.3) is 5.56 Å². The highest BCUT2D eigenvalue weighted by atomic mass is 16.5. The van der Waals surface area contributed by atoms with Crippen LogP contribution in [0, 0.1) is 5.92 Å². The summed E-state index contributed by atoms with van der Waals surface area (Å²) in [7, 11) is 4.88. The summed E-state index contributed by atoms with van der Waals surface area (Å²) in [6.07, 6.45) is 2.76. The zero-order chi connectivity index (χ0) is 21.8. The molecule has 1 N–H and O–H groups in total. The van der Waals surface area contributed by atoms with Crippen LogP contribution in [-0.4, -0.2) is 35.6 Å². The fraction of sp³-hybridized carbons (Fsp3) is 0.348. The third-order valence-corrected chi connectivity index (χ3v) is 5.43. The Kier molecular flexibility index (Phi) is 6.06. The van der Waals surface area contributed by atoms with E-state index < -0.39 is 0 Å². The molecule has 1 aliphatic rings. The minimum atomic E-state index is -0.201. The van der Waals surface area contributed by atoms with Crippen molar-refractivity contribution in [2.75, 3.05) is 26.1 Å². The van der Waals surface area contributed by atoms with E-state index in [0.717, 1.165) is 29.2 Å². The van der Waals surface area contributed by atoms with Crippen LogP contribution in [0.3, 0.4) is 0 Å². The lowest BCUT2D eigenvalue weighted by Gasteiger charge is -2.11. The summed E-state index contributed by atoms with van der Waals surface area (Å²) in [6.45, 7) is 1.04. The first-order valence-electron chi connectivity index (χ1n) is 10.1. The van der Waals surface area contributed by atoms with E-state index in [1.807, 2.05) is 36.4 Å². The number of pyridine rings is 1. The summed E-state index contributed by atoms with van der Waals surface area (Å²) < 4.78 is 17.5. The third-order valence-electron chi connectivity index (χ3n) is 5.43. The van der Waals surface area contributed by atoms with Gasteiger partial charge in [0.15, 0.2) is 0 Å². The van der Waals surface area contributed by atoms with Crippen molar-refractivity contribution < 1.29 is 14.2 Å². The molecule has 2 aromatic heterocycles. The average molecular weight is 422 g/mol. The van der Waals surface area contributed by atoms with Gasteiger partial charge in [0, 0.05) is 37.2 Å². The van der Waals surface area contributed by atoms with Crippen LogP contribution in [0.25, 0.3) is 0 Å². The van der Waals surface area contributed by atoms with E-state index >= 15 is 0 Å². The minimum Gasteiger partial charge on any atom is -0.497 e. The van der Waals surface area contributed by atoms with E-state index in [1.54, 1.807) is 33.5 Å². The molecule has 1 fully saturated rings. The van der Waals surface area contributed by atoms with Gasteiger partial charge in [-0.3, -0.25) is 9.78 Å². The molecule has 1 saturated carbocycles. The van der Waals surface area contributed by atoms with Gasteiger partial charge in [0.05, 0.1) is 27.0 Å². The number of benzene rings is 1. The third kappa shape index (κ3) is 4.96. The summed E-state index contributed by atoms with van der Waals surface area (Å²) in [5.74, 6) is 2.73. The largest absolute Gasteiger partial charge is 0.497 e. The molecular formula is C23H26N4O4. The molecule has 0 saturated heterocycles. The molecule has 0 bridgehead atoms. The SMILES string of the molecule is COc1ccc(CNc2cc(OCC3C[C@H]3c3ccc(OC)cn3)nn(C)c2=O)cc1. The van der Waals surface area contributed by atoms with Gasteiger partial charge in [-0.05, 0) is 36.2 Å². The lowest BCUT2D eigenvalue weighted by atomic mass is 10.2. The topological polar surface area (TPSA) is 87.5 Å². The summed E-state index contributed by atoms with van der Waals surface area (Å²) >= 11 is 0. The molecule has 2 heterocycles. The quantitative estimate of drug-likeness (QED) is 0.567. The fourth-order valence-electron chi connectivity index (χ4n) is 3.44. The van der Waals surface area contributed by atoms with Crippen molar-refractivity contribution in [3.05, 3.63) is 70.3 Å². The normalized spacial score (nSPS) is 17.1. The highest BCUT2D eigenvalue weighted by Crippen LogP contribution is 2.46. The smallest absolute Gasteiger partial charge is 0.290 e. The lowest BCUT2D eigenvalue weighted by molar-refractivity contribution is 0.278. The highest BCUT2D eigenvalue weighted by molar-refractivity contribution is 5.44. The molecule has 162 valence electrons. The van der Waals surface area contributed by atoms with Gasteiger partial charge in [-0.25, -0.2) is 4.68 Å². The zero-order valence-corrected chi connectivity index (χ0v) is 17.9. The number of methoxy groups -OCH3 is 2. The second-order valence-corrected chi connectivity index (χ2v) is 7.56. The number of hydrogen-bond donors (Lipinski definition) is 1. The Balaban J connectivity index is 1.35. The summed E-state index contributed by atoms with van der Waals surface area (Å²) in [4.78, 5) is 16.9. The van der Waals surface area contributed by atoms with Crippen LogP contribution in [0.4, 0.5) is 5.69 Å². The van der Waals surface area contributed by atoms with Crippen molar-refractivity contribution in [3.63, 3.8) is 0 Å². The van der Waals surface area contributed by atoms with E-state index in [0.29, 0.717) is 36.6 Å². The molecule has 4 rings (SSSR count). The Morgan fingerprint density at radius 1 is 1.10 bits per heavy atom. The van der Waals surface area contributed by atoms with Crippen LogP contribution < -0.4 is 25.1 Å². The second kappa shape index (κ2) is 9.07. The van der Waals surface area contributed by atoms with Crippen LogP contribution in [0.1, 0.15) is 23.6 Å². The minimum absolute atomic E-state index is 0.201. The maximum Gasteiger partial charge on any atom is 0.290 e. The van der Waals surface area contributed by atoms with Gasteiger partial charge in [-0.15, -0.1) is 5.10 Å². The first kappa shape index (κ1) is 20.7. The molecule has 0 spiro atoms. The van der Waals surface area contributed by atoms with Gasteiger partial charge in [0.2, 0.25) is 5.88 Å². The van der Waals surface area contributed by atoms with Crippen LogP contribution in [-0.2, 0) is 13.6 Å². The first-order valence-corrected chi connectivity index (χ1v) is 10.1. The Bertz CT molecular complexity index is 1080. The monoisotopic (exact) mass is 422 g/mol. The Labute approximate surface area is 180 Å². The number of rotatable bonds is 9. The number of aromatic nitrogens is 3. The van der Waals surface area contributed by atoms with Gasteiger partial charge < -0.3 is 19.5 Å². The lowest BCUT2D eigenvalue weighted by Crippen LogP contribution is -2.24. The molecule has 2 atom stereocenters. The summed E-state index contributed by atoms with van der Waals surface area (Å²) in [5.41, 5.74) is 2.33. The fourth-order valence-corrected chi connectivity index (χ4v) is 3.44. The molecule has 3 aromatic rings. The molecule has 1 aromatic carbocycles. The van der Waals surface area contributed by atoms with Crippen molar-refractivity contribution in [2.24, 2.45) is 13.0 Å². The molecular weight excluding hydrogens is 396 g/mol. The number of anilines is 1. The van der Waals surface area contributed by atoms with Crippen molar-refractivity contribution in [3.8, 4) is 17.4 Å². The standard InChI is InChI=1S/C23H26N4O4/c1-27-23(28)21(24-12-15-4-6-17(29-2)7-5-15)11-22(26-27)31-14-16-10-19(16)20-9-8-18(30-3)13-25-20/h4-9,11,13,16,19,24H,10,12,14H2,1-3H3/t16?,19-/m1/s1. The highest BCUT2D eigenvalue weighted by Gasteiger charge is 2.40. The number of aryl methyl sites for hydroxylation is 1. The van der Waals surface area contributed by atoms with Gasteiger partial charge >= 0.3 is 0 Å². The number of ether oxygens (including phenoxy) is 3. The predicted octanol–water partition coefficient (Wildman–Crippen LogP) is 2.99. The summed E-state index contributed by atoms with van der Waals surface area (Å²) in [6, 6.07) is 13.3. The molecule has 0 aliphatic heterocycles. The van der Waals surface area contributed by atoms with E-state index in [2.05, 4.69) is 15.4 Å². The van der Waals surface area contributed by atoms with Gasteiger partial charge in [0.1, 0.15) is 17.2 Å². The molecule has 1 unspecified atom stereocenters.